The molecule has 1 atom stereocenters. The molecule has 0 aliphatic rings. The maximum atomic E-state index is 5.54. The van der Waals surface area contributed by atoms with E-state index in [1.807, 2.05) is 18.2 Å². The number of ether oxygens (including phenoxy) is 1. The molecule has 0 saturated heterocycles. The van der Waals surface area contributed by atoms with Gasteiger partial charge in [-0.05, 0) is 27.1 Å². The van der Waals surface area contributed by atoms with Gasteiger partial charge in [0.05, 0.1) is 19.7 Å². The lowest BCUT2D eigenvalue weighted by atomic mass is 10.0. The van der Waals surface area contributed by atoms with Gasteiger partial charge in [0.1, 0.15) is 17.9 Å². The summed E-state index contributed by atoms with van der Waals surface area (Å²) in [5.74, 6) is 2.68. The Bertz CT molecular complexity index is 742. The van der Waals surface area contributed by atoms with E-state index in [0.29, 0.717) is 6.54 Å². The Labute approximate surface area is 168 Å². The van der Waals surface area contributed by atoms with Crippen molar-refractivity contribution in [1.82, 2.24) is 30.3 Å². The molecule has 1 aromatic carbocycles. The zero-order chi connectivity index (χ0) is 20.4. The smallest absolute Gasteiger partial charge is 0.191 e. The minimum atomic E-state index is 0.121. The van der Waals surface area contributed by atoms with Crippen LogP contribution in [0.4, 0.5) is 0 Å². The monoisotopic (exact) mass is 387 g/mol. The molecule has 0 saturated carbocycles. The maximum absolute atomic E-state index is 5.54. The van der Waals surface area contributed by atoms with Crippen molar-refractivity contribution < 1.29 is 4.74 Å². The lowest BCUT2D eigenvalue weighted by molar-refractivity contribution is 0.295. The molecule has 0 aliphatic carbocycles. The van der Waals surface area contributed by atoms with E-state index in [0.717, 1.165) is 49.2 Å². The van der Waals surface area contributed by atoms with Crippen LogP contribution in [0.2, 0.25) is 0 Å². The van der Waals surface area contributed by atoms with Gasteiger partial charge in [0.25, 0.3) is 0 Å². The molecule has 0 amide bonds. The normalized spacial score (nSPS) is 12.9. The van der Waals surface area contributed by atoms with Crippen LogP contribution in [0.1, 0.15) is 31.3 Å². The molecule has 8 nitrogen and oxygen atoms in total. The molecule has 28 heavy (non-hydrogen) atoms. The summed E-state index contributed by atoms with van der Waals surface area (Å²) in [4.78, 5) is 6.97. The summed E-state index contributed by atoms with van der Waals surface area (Å²) in [5.41, 5.74) is 1.13. The van der Waals surface area contributed by atoms with Gasteiger partial charge in [-0.2, -0.15) is 0 Å². The number of nitrogens with one attached hydrogen (secondary N) is 2. The third kappa shape index (κ3) is 5.95. The summed E-state index contributed by atoms with van der Waals surface area (Å²) in [6.45, 7) is 7.12. The van der Waals surface area contributed by atoms with Crippen molar-refractivity contribution in [3.8, 4) is 5.75 Å². The van der Waals surface area contributed by atoms with E-state index in [1.165, 1.54) is 0 Å². The predicted molar refractivity (Wildman–Crippen MR) is 113 cm³/mol. The Morgan fingerprint density at radius 1 is 1.25 bits per heavy atom. The molecule has 2 rings (SSSR count). The first-order valence-corrected chi connectivity index (χ1v) is 9.78. The number of para-hydroxylation sites is 1. The zero-order valence-corrected chi connectivity index (χ0v) is 17.6. The summed E-state index contributed by atoms with van der Waals surface area (Å²) in [7, 11) is 5.83. The Morgan fingerprint density at radius 3 is 2.71 bits per heavy atom. The van der Waals surface area contributed by atoms with Crippen molar-refractivity contribution >= 4 is 5.96 Å². The summed E-state index contributed by atoms with van der Waals surface area (Å²) in [5, 5.41) is 14.8. The van der Waals surface area contributed by atoms with Gasteiger partial charge in [-0.3, -0.25) is 4.99 Å². The van der Waals surface area contributed by atoms with Crippen molar-refractivity contribution in [1.29, 1.82) is 0 Å². The number of hydrogen-bond acceptors (Lipinski definition) is 5. The number of rotatable bonds is 10. The van der Waals surface area contributed by atoms with Crippen LogP contribution in [0.3, 0.4) is 0 Å². The van der Waals surface area contributed by atoms with E-state index < -0.39 is 0 Å². The summed E-state index contributed by atoms with van der Waals surface area (Å²) in [6.07, 6.45) is 2.64. The third-order valence-electron chi connectivity index (χ3n) is 4.54. The SMILES string of the molecule is CCNC(=NCC(c1ccccc1OC)N(C)C)NCCn1cnnc1CC. The summed E-state index contributed by atoms with van der Waals surface area (Å²) < 4.78 is 7.60. The molecule has 0 radical (unpaired) electrons. The van der Waals surface area contributed by atoms with Crippen LogP contribution < -0.4 is 15.4 Å². The Kier molecular flexibility index (Phi) is 8.74. The quantitative estimate of drug-likeness (QED) is 0.477. The zero-order valence-electron chi connectivity index (χ0n) is 17.6. The van der Waals surface area contributed by atoms with E-state index in [-0.39, 0.29) is 6.04 Å². The van der Waals surface area contributed by atoms with Gasteiger partial charge < -0.3 is 24.8 Å². The fraction of sp³-hybridized carbons (Fsp3) is 0.550. The molecule has 0 aliphatic heterocycles. The van der Waals surface area contributed by atoms with E-state index >= 15 is 0 Å². The number of aliphatic imine (C=N–C) groups is 1. The highest BCUT2D eigenvalue weighted by atomic mass is 16.5. The van der Waals surface area contributed by atoms with Crippen LogP contribution in [0, 0.1) is 0 Å². The van der Waals surface area contributed by atoms with Gasteiger partial charge in [0, 0.05) is 31.6 Å². The number of hydrogen-bond donors (Lipinski definition) is 2. The van der Waals surface area contributed by atoms with Gasteiger partial charge in [-0.1, -0.05) is 25.1 Å². The van der Waals surface area contributed by atoms with Crippen molar-refractivity contribution in [3.63, 3.8) is 0 Å². The molecule has 2 aromatic rings. The molecule has 0 fully saturated rings. The number of likely N-dealkylation sites (N-methyl/N-ethyl adjacent to an activating group) is 1. The van der Waals surface area contributed by atoms with Crippen molar-refractivity contribution in [2.75, 3.05) is 40.8 Å². The van der Waals surface area contributed by atoms with Gasteiger partial charge in [0.15, 0.2) is 5.96 Å². The van der Waals surface area contributed by atoms with E-state index in [2.05, 4.69) is 64.3 Å². The topological polar surface area (TPSA) is 79.6 Å². The van der Waals surface area contributed by atoms with Crippen LogP contribution in [0.5, 0.6) is 5.75 Å². The molecule has 1 unspecified atom stereocenters. The molecule has 1 aromatic heterocycles. The van der Waals surface area contributed by atoms with Gasteiger partial charge in [-0.25, -0.2) is 0 Å². The average Bonchev–Trinajstić information content (AvgIpc) is 3.15. The van der Waals surface area contributed by atoms with E-state index in [1.54, 1.807) is 13.4 Å². The third-order valence-corrected chi connectivity index (χ3v) is 4.54. The lowest BCUT2D eigenvalue weighted by Gasteiger charge is -2.25. The first-order chi connectivity index (χ1) is 13.6. The van der Waals surface area contributed by atoms with Gasteiger partial charge in [0.2, 0.25) is 0 Å². The van der Waals surface area contributed by atoms with Crippen LogP contribution in [0.15, 0.2) is 35.6 Å². The van der Waals surface area contributed by atoms with Crippen molar-refractivity contribution in [2.45, 2.75) is 32.9 Å². The van der Waals surface area contributed by atoms with Crippen LogP contribution >= 0.6 is 0 Å². The molecule has 154 valence electrons. The highest BCUT2D eigenvalue weighted by Gasteiger charge is 2.18. The number of nitrogens with zero attached hydrogens (tertiary/aromatic N) is 5. The molecule has 8 heteroatoms. The summed E-state index contributed by atoms with van der Waals surface area (Å²) in [6, 6.07) is 8.23. The van der Waals surface area contributed by atoms with Crippen LogP contribution in [0.25, 0.3) is 0 Å². The number of aromatic nitrogens is 3. The highest BCUT2D eigenvalue weighted by Crippen LogP contribution is 2.28. The van der Waals surface area contributed by atoms with E-state index in [4.69, 9.17) is 9.73 Å². The molecular weight excluding hydrogens is 354 g/mol. The second kappa shape index (κ2) is 11.3. The molecule has 1 heterocycles. The Hall–Kier alpha value is -2.61. The number of benzene rings is 1. The minimum absolute atomic E-state index is 0.121. The van der Waals surface area contributed by atoms with Crippen LogP contribution in [-0.4, -0.2) is 66.5 Å². The van der Waals surface area contributed by atoms with E-state index in [9.17, 15) is 0 Å². The average molecular weight is 388 g/mol. The molecule has 2 N–H and O–H groups in total. The maximum Gasteiger partial charge on any atom is 0.191 e. The van der Waals surface area contributed by atoms with Crippen LogP contribution in [-0.2, 0) is 13.0 Å². The Balaban J connectivity index is 2.04. The first kappa shape index (κ1) is 21.7. The fourth-order valence-corrected chi connectivity index (χ4v) is 3.04. The molecule has 0 spiro atoms. The van der Waals surface area contributed by atoms with Gasteiger partial charge >= 0.3 is 0 Å². The predicted octanol–water partition coefficient (Wildman–Crippen LogP) is 1.71. The number of aryl methyl sites for hydroxylation is 1. The highest BCUT2D eigenvalue weighted by molar-refractivity contribution is 5.79. The second-order valence-electron chi connectivity index (χ2n) is 6.66. The standard InChI is InChI=1S/C20H33N7O/c1-6-19-25-24-15-27(19)13-12-22-20(21-7-2)23-14-17(26(3)4)16-10-8-9-11-18(16)28-5/h8-11,15,17H,6-7,12-14H2,1-5H3,(H2,21,22,23). The fourth-order valence-electron chi connectivity index (χ4n) is 3.04. The molecule has 0 bridgehead atoms. The Morgan fingerprint density at radius 2 is 2.04 bits per heavy atom. The second-order valence-corrected chi connectivity index (χ2v) is 6.66. The number of methoxy groups -OCH3 is 1. The lowest BCUT2D eigenvalue weighted by Crippen LogP contribution is -2.39. The molecular formula is C20H33N7O. The number of guanidine groups is 1. The largest absolute Gasteiger partial charge is 0.496 e. The van der Waals surface area contributed by atoms with Gasteiger partial charge in [-0.15, -0.1) is 10.2 Å². The first-order valence-electron chi connectivity index (χ1n) is 9.78. The summed E-state index contributed by atoms with van der Waals surface area (Å²) >= 11 is 0. The minimum Gasteiger partial charge on any atom is -0.496 e. The van der Waals surface area contributed by atoms with Crippen molar-refractivity contribution in [3.05, 3.63) is 42.0 Å². The van der Waals surface area contributed by atoms with Crippen molar-refractivity contribution in [2.24, 2.45) is 4.99 Å².